The summed E-state index contributed by atoms with van der Waals surface area (Å²) >= 11 is 0. The summed E-state index contributed by atoms with van der Waals surface area (Å²) in [5, 5.41) is 3.51. The van der Waals surface area contributed by atoms with Gasteiger partial charge in [0.25, 0.3) is 0 Å². The van der Waals surface area contributed by atoms with Gasteiger partial charge in [-0.05, 0) is 44.8 Å². The van der Waals surface area contributed by atoms with Gasteiger partial charge < -0.3 is 9.88 Å². The van der Waals surface area contributed by atoms with Crippen LogP contribution in [-0.4, -0.2) is 40.6 Å². The van der Waals surface area contributed by atoms with Gasteiger partial charge in [0.15, 0.2) is 0 Å². The Labute approximate surface area is 110 Å². The number of nitrogens with one attached hydrogen (secondary N) is 1. The molecule has 0 aromatic carbocycles. The van der Waals surface area contributed by atoms with Crippen LogP contribution in [0, 0.1) is 5.92 Å². The number of imidazole rings is 1. The van der Waals surface area contributed by atoms with Crippen molar-refractivity contribution in [3.8, 4) is 0 Å². The Bertz CT molecular complexity index is 341. The van der Waals surface area contributed by atoms with E-state index in [2.05, 4.69) is 33.7 Å². The molecular formula is C14H26N4. The average Bonchev–Trinajstić information content (AvgIpc) is 2.77. The Balaban J connectivity index is 1.88. The van der Waals surface area contributed by atoms with Gasteiger partial charge in [-0.15, -0.1) is 0 Å². The van der Waals surface area contributed by atoms with Crippen LogP contribution >= 0.6 is 0 Å². The molecule has 1 N–H and O–H groups in total. The van der Waals surface area contributed by atoms with Crippen LogP contribution in [0.4, 0.5) is 0 Å². The molecule has 0 amide bonds. The normalized spacial score (nSPS) is 20.5. The molecule has 1 saturated heterocycles. The Morgan fingerprint density at radius 2 is 2.44 bits per heavy atom. The van der Waals surface area contributed by atoms with Gasteiger partial charge in [0.2, 0.25) is 0 Å². The number of hydrogen-bond donors (Lipinski definition) is 1. The Kier molecular flexibility index (Phi) is 5.20. The van der Waals surface area contributed by atoms with Crippen LogP contribution in [0.5, 0.6) is 0 Å². The van der Waals surface area contributed by atoms with Gasteiger partial charge in [0.1, 0.15) is 0 Å². The molecule has 1 aromatic rings. The van der Waals surface area contributed by atoms with E-state index >= 15 is 0 Å². The molecule has 0 saturated carbocycles. The van der Waals surface area contributed by atoms with E-state index in [0.717, 1.165) is 12.5 Å². The summed E-state index contributed by atoms with van der Waals surface area (Å²) in [6.07, 6.45) is 7.80. The third-order valence-electron chi connectivity index (χ3n) is 3.76. The fourth-order valence-electron chi connectivity index (χ4n) is 2.76. The Morgan fingerprint density at radius 3 is 3.06 bits per heavy atom. The number of hydrogen-bond acceptors (Lipinski definition) is 3. The van der Waals surface area contributed by atoms with E-state index < -0.39 is 0 Å². The average molecular weight is 250 g/mol. The molecule has 1 aliphatic rings. The first kappa shape index (κ1) is 13.6. The van der Waals surface area contributed by atoms with Gasteiger partial charge in [-0.3, -0.25) is 4.90 Å². The summed E-state index contributed by atoms with van der Waals surface area (Å²) in [7, 11) is 2.08. The number of rotatable bonds is 6. The fourth-order valence-corrected chi connectivity index (χ4v) is 2.76. The first-order chi connectivity index (χ1) is 8.79. The molecule has 2 rings (SSSR count). The van der Waals surface area contributed by atoms with Gasteiger partial charge in [-0.2, -0.15) is 0 Å². The molecule has 1 aliphatic heterocycles. The summed E-state index contributed by atoms with van der Waals surface area (Å²) in [6, 6.07) is 0. The van der Waals surface area contributed by atoms with Crippen LogP contribution in [-0.2, 0) is 13.6 Å². The smallest absolute Gasteiger partial charge is 0.0945 e. The monoisotopic (exact) mass is 250 g/mol. The van der Waals surface area contributed by atoms with Gasteiger partial charge in [-0.1, -0.05) is 6.92 Å². The highest BCUT2D eigenvalue weighted by atomic mass is 15.2. The minimum atomic E-state index is 0.818. The van der Waals surface area contributed by atoms with Crippen molar-refractivity contribution in [1.82, 2.24) is 19.8 Å². The van der Waals surface area contributed by atoms with E-state index in [-0.39, 0.29) is 0 Å². The molecule has 0 bridgehead atoms. The first-order valence-corrected chi connectivity index (χ1v) is 7.18. The van der Waals surface area contributed by atoms with Crippen molar-refractivity contribution in [2.24, 2.45) is 13.0 Å². The van der Waals surface area contributed by atoms with Gasteiger partial charge in [-0.25, -0.2) is 4.98 Å². The third-order valence-corrected chi connectivity index (χ3v) is 3.76. The summed E-state index contributed by atoms with van der Waals surface area (Å²) in [6.45, 7) is 8.07. The van der Waals surface area contributed by atoms with Gasteiger partial charge in [0, 0.05) is 26.3 Å². The minimum absolute atomic E-state index is 0.818. The lowest BCUT2D eigenvalue weighted by molar-refractivity contribution is 0.198. The van der Waals surface area contributed by atoms with E-state index in [1.54, 1.807) is 0 Å². The number of aromatic nitrogens is 2. The Hall–Kier alpha value is -0.870. The minimum Gasteiger partial charge on any atom is -0.337 e. The highest BCUT2D eigenvalue weighted by molar-refractivity contribution is 4.97. The first-order valence-electron chi connectivity index (χ1n) is 7.18. The molecular weight excluding hydrogens is 224 g/mol. The van der Waals surface area contributed by atoms with Crippen molar-refractivity contribution in [3.63, 3.8) is 0 Å². The molecule has 1 unspecified atom stereocenters. The molecule has 2 heterocycles. The van der Waals surface area contributed by atoms with Crippen molar-refractivity contribution in [1.29, 1.82) is 0 Å². The Morgan fingerprint density at radius 1 is 1.56 bits per heavy atom. The molecule has 4 heteroatoms. The summed E-state index contributed by atoms with van der Waals surface area (Å²) < 4.78 is 2.13. The van der Waals surface area contributed by atoms with Crippen molar-refractivity contribution in [2.75, 3.05) is 26.2 Å². The second-order valence-corrected chi connectivity index (χ2v) is 5.44. The maximum absolute atomic E-state index is 4.21. The second kappa shape index (κ2) is 6.90. The molecule has 4 nitrogen and oxygen atoms in total. The molecule has 1 atom stereocenters. The second-order valence-electron chi connectivity index (χ2n) is 5.44. The molecule has 0 radical (unpaired) electrons. The predicted octanol–water partition coefficient (Wildman–Crippen LogP) is 1.63. The van der Waals surface area contributed by atoms with Gasteiger partial charge >= 0.3 is 0 Å². The molecule has 1 fully saturated rings. The van der Waals surface area contributed by atoms with E-state index in [4.69, 9.17) is 0 Å². The quantitative estimate of drug-likeness (QED) is 0.833. The van der Waals surface area contributed by atoms with Crippen molar-refractivity contribution < 1.29 is 0 Å². The van der Waals surface area contributed by atoms with E-state index in [9.17, 15) is 0 Å². The van der Waals surface area contributed by atoms with Crippen LogP contribution in [0.2, 0.25) is 0 Å². The maximum atomic E-state index is 4.21. The van der Waals surface area contributed by atoms with Crippen LogP contribution in [0.25, 0.3) is 0 Å². The predicted molar refractivity (Wildman–Crippen MR) is 74.4 cm³/mol. The zero-order valence-electron chi connectivity index (χ0n) is 11.7. The standard InChI is InChI=1S/C14H26N4/c1-3-7-18(10-13-5-4-6-15-8-13)11-14-9-16-12-17(14)2/h9,12-13,15H,3-8,10-11H2,1-2H3. The lowest BCUT2D eigenvalue weighted by Crippen LogP contribution is -2.38. The van der Waals surface area contributed by atoms with Crippen molar-refractivity contribution in [2.45, 2.75) is 32.7 Å². The molecule has 18 heavy (non-hydrogen) atoms. The van der Waals surface area contributed by atoms with Gasteiger partial charge in [0.05, 0.1) is 12.0 Å². The summed E-state index contributed by atoms with van der Waals surface area (Å²) in [4.78, 5) is 6.78. The highest BCUT2D eigenvalue weighted by Gasteiger charge is 2.17. The van der Waals surface area contributed by atoms with Crippen LogP contribution in [0.15, 0.2) is 12.5 Å². The van der Waals surface area contributed by atoms with Crippen LogP contribution in [0.1, 0.15) is 31.9 Å². The van der Waals surface area contributed by atoms with E-state index in [1.807, 2.05) is 12.5 Å². The van der Waals surface area contributed by atoms with Crippen LogP contribution in [0.3, 0.4) is 0 Å². The zero-order valence-corrected chi connectivity index (χ0v) is 11.7. The summed E-state index contributed by atoms with van der Waals surface area (Å²) in [5.74, 6) is 0.818. The fraction of sp³-hybridized carbons (Fsp3) is 0.786. The van der Waals surface area contributed by atoms with Crippen LogP contribution < -0.4 is 5.32 Å². The highest BCUT2D eigenvalue weighted by Crippen LogP contribution is 2.14. The maximum Gasteiger partial charge on any atom is 0.0945 e. The molecule has 1 aromatic heterocycles. The number of nitrogens with zero attached hydrogens (tertiary/aromatic N) is 3. The summed E-state index contributed by atoms with van der Waals surface area (Å²) in [5.41, 5.74) is 1.31. The SMILES string of the molecule is CCCN(Cc1cncn1C)CC1CCCNC1. The van der Waals surface area contributed by atoms with Crippen molar-refractivity contribution in [3.05, 3.63) is 18.2 Å². The topological polar surface area (TPSA) is 33.1 Å². The lowest BCUT2D eigenvalue weighted by atomic mass is 9.99. The van der Waals surface area contributed by atoms with E-state index in [1.165, 1.54) is 51.1 Å². The zero-order chi connectivity index (χ0) is 12.8. The molecule has 0 aliphatic carbocycles. The van der Waals surface area contributed by atoms with E-state index in [0.29, 0.717) is 0 Å². The lowest BCUT2D eigenvalue weighted by Gasteiger charge is -2.30. The van der Waals surface area contributed by atoms with Crippen molar-refractivity contribution >= 4 is 0 Å². The third kappa shape index (κ3) is 3.82. The molecule has 0 spiro atoms. The largest absolute Gasteiger partial charge is 0.337 e. The number of piperidine rings is 1. The molecule has 102 valence electrons. The number of aryl methyl sites for hydroxylation is 1.